The van der Waals surface area contributed by atoms with Crippen molar-refractivity contribution in [2.75, 3.05) is 6.61 Å². The van der Waals surface area contributed by atoms with Gasteiger partial charge < -0.3 is 9.84 Å². The Bertz CT molecular complexity index is 336. The van der Waals surface area contributed by atoms with Crippen LogP contribution in [-0.4, -0.2) is 17.8 Å². The highest BCUT2D eigenvalue weighted by atomic mass is 16.5. The van der Waals surface area contributed by atoms with E-state index >= 15 is 0 Å². The van der Waals surface area contributed by atoms with Crippen LogP contribution >= 0.6 is 0 Å². The zero-order valence-corrected chi connectivity index (χ0v) is 10.9. The molecule has 0 unspecified atom stereocenters. The number of rotatable bonds is 5. The molecule has 1 aromatic carbocycles. The van der Waals surface area contributed by atoms with Crippen LogP contribution in [0, 0.1) is 5.41 Å². The van der Waals surface area contributed by atoms with E-state index in [0.717, 1.165) is 5.56 Å². The van der Waals surface area contributed by atoms with Crippen molar-refractivity contribution in [1.82, 2.24) is 0 Å². The van der Waals surface area contributed by atoms with E-state index < -0.39 is 6.10 Å². The summed E-state index contributed by atoms with van der Waals surface area (Å²) in [6.07, 6.45) is 3.24. The Morgan fingerprint density at radius 2 is 1.88 bits per heavy atom. The van der Waals surface area contributed by atoms with E-state index in [1.165, 1.54) is 0 Å². The molecule has 0 aromatic heterocycles. The number of aliphatic hydroxyl groups is 1. The first-order chi connectivity index (χ1) is 8.00. The second kappa shape index (κ2) is 6.58. The van der Waals surface area contributed by atoms with Crippen molar-refractivity contribution >= 4 is 0 Å². The summed E-state index contributed by atoms with van der Waals surface area (Å²) in [4.78, 5) is 0. The van der Waals surface area contributed by atoms with Crippen LogP contribution in [0.4, 0.5) is 0 Å². The average Bonchev–Trinajstić information content (AvgIpc) is 2.28. The Labute approximate surface area is 104 Å². The lowest BCUT2D eigenvalue weighted by molar-refractivity contribution is 0.103. The monoisotopic (exact) mass is 234 g/mol. The van der Waals surface area contributed by atoms with Gasteiger partial charge in [0.1, 0.15) is 0 Å². The van der Waals surface area contributed by atoms with Crippen molar-refractivity contribution in [2.24, 2.45) is 5.41 Å². The van der Waals surface area contributed by atoms with Gasteiger partial charge in [0.2, 0.25) is 0 Å². The van der Waals surface area contributed by atoms with E-state index in [9.17, 15) is 5.11 Å². The van der Waals surface area contributed by atoms with Gasteiger partial charge in [-0.3, -0.25) is 0 Å². The summed E-state index contributed by atoms with van der Waals surface area (Å²) in [7, 11) is 0. The van der Waals surface area contributed by atoms with Crippen molar-refractivity contribution in [3.05, 3.63) is 48.0 Å². The van der Waals surface area contributed by atoms with Gasteiger partial charge in [-0.25, -0.2) is 0 Å². The van der Waals surface area contributed by atoms with Gasteiger partial charge in [-0.15, -0.1) is 0 Å². The molecule has 0 spiro atoms. The predicted molar refractivity (Wildman–Crippen MR) is 70.7 cm³/mol. The largest absolute Gasteiger partial charge is 0.388 e. The van der Waals surface area contributed by atoms with Crippen molar-refractivity contribution in [1.29, 1.82) is 0 Å². The molecule has 2 nitrogen and oxygen atoms in total. The van der Waals surface area contributed by atoms with E-state index in [4.69, 9.17) is 4.74 Å². The molecule has 94 valence electrons. The molecule has 1 aromatic rings. The van der Waals surface area contributed by atoms with Gasteiger partial charge in [-0.05, 0) is 11.0 Å². The molecule has 0 saturated carbocycles. The lowest BCUT2D eigenvalue weighted by atomic mass is 9.89. The molecule has 0 aliphatic heterocycles. The summed E-state index contributed by atoms with van der Waals surface area (Å²) < 4.78 is 5.48. The predicted octanol–water partition coefficient (Wildman–Crippen LogP) is 3.17. The van der Waals surface area contributed by atoms with Crippen molar-refractivity contribution < 1.29 is 9.84 Å². The molecule has 0 saturated heterocycles. The van der Waals surface area contributed by atoms with Gasteiger partial charge >= 0.3 is 0 Å². The molecule has 0 aliphatic rings. The van der Waals surface area contributed by atoms with Crippen LogP contribution in [0.5, 0.6) is 0 Å². The Morgan fingerprint density at radius 1 is 1.24 bits per heavy atom. The highest BCUT2D eigenvalue weighted by Gasteiger charge is 2.18. The van der Waals surface area contributed by atoms with Crippen LogP contribution in [-0.2, 0) is 11.3 Å². The minimum atomic E-state index is -0.428. The number of ether oxygens (including phenoxy) is 1. The summed E-state index contributed by atoms with van der Waals surface area (Å²) in [6.45, 7) is 7.16. The van der Waals surface area contributed by atoms with Gasteiger partial charge in [0.05, 0.1) is 19.3 Å². The molecular weight excluding hydrogens is 212 g/mol. The summed E-state index contributed by atoms with van der Waals surface area (Å²) in [6, 6.07) is 10.1. The maximum absolute atomic E-state index is 9.76. The first-order valence-electron chi connectivity index (χ1n) is 5.96. The van der Waals surface area contributed by atoms with Crippen LogP contribution < -0.4 is 0 Å². The fourth-order valence-electron chi connectivity index (χ4n) is 1.29. The summed E-state index contributed by atoms with van der Waals surface area (Å²) in [5.74, 6) is 0. The summed E-state index contributed by atoms with van der Waals surface area (Å²) >= 11 is 0. The van der Waals surface area contributed by atoms with E-state index in [1.54, 1.807) is 6.08 Å². The molecule has 0 bridgehead atoms. The van der Waals surface area contributed by atoms with Crippen LogP contribution in [0.1, 0.15) is 26.3 Å². The van der Waals surface area contributed by atoms with Crippen LogP contribution in [0.25, 0.3) is 0 Å². The van der Waals surface area contributed by atoms with Gasteiger partial charge in [0.15, 0.2) is 0 Å². The molecule has 1 N–H and O–H groups in total. The molecule has 1 rings (SSSR count). The highest BCUT2D eigenvalue weighted by Crippen LogP contribution is 2.19. The Balaban J connectivity index is 2.23. The quantitative estimate of drug-likeness (QED) is 0.626. The number of aliphatic hydroxyl groups excluding tert-OH is 1. The minimum Gasteiger partial charge on any atom is -0.388 e. The van der Waals surface area contributed by atoms with Crippen molar-refractivity contribution in [2.45, 2.75) is 33.5 Å². The second-order valence-electron chi connectivity index (χ2n) is 5.24. The van der Waals surface area contributed by atoms with E-state index in [2.05, 4.69) is 0 Å². The van der Waals surface area contributed by atoms with Crippen molar-refractivity contribution in [3.63, 3.8) is 0 Å². The maximum Gasteiger partial charge on any atom is 0.0769 e. The lowest BCUT2D eigenvalue weighted by Crippen LogP contribution is -2.23. The minimum absolute atomic E-state index is 0.115. The summed E-state index contributed by atoms with van der Waals surface area (Å²) in [5.41, 5.74) is 1.05. The Morgan fingerprint density at radius 3 is 2.47 bits per heavy atom. The number of hydrogen-bond acceptors (Lipinski definition) is 2. The molecule has 2 heteroatoms. The van der Waals surface area contributed by atoms with E-state index in [1.807, 2.05) is 57.2 Å². The Kier molecular flexibility index (Phi) is 5.39. The molecule has 1 atom stereocenters. The maximum atomic E-state index is 9.76. The summed E-state index contributed by atoms with van der Waals surface area (Å²) in [5, 5.41) is 9.76. The zero-order chi connectivity index (χ0) is 12.7. The van der Waals surface area contributed by atoms with Gasteiger partial charge in [-0.2, -0.15) is 0 Å². The van der Waals surface area contributed by atoms with Crippen LogP contribution in [0.15, 0.2) is 42.5 Å². The number of benzene rings is 1. The molecule has 0 heterocycles. The molecule has 0 fully saturated rings. The van der Waals surface area contributed by atoms with Gasteiger partial charge in [0, 0.05) is 0 Å². The zero-order valence-electron chi connectivity index (χ0n) is 10.9. The topological polar surface area (TPSA) is 29.5 Å². The van der Waals surface area contributed by atoms with E-state index in [-0.39, 0.29) is 5.41 Å². The smallest absolute Gasteiger partial charge is 0.0769 e. The van der Waals surface area contributed by atoms with Crippen molar-refractivity contribution in [3.8, 4) is 0 Å². The molecule has 0 aliphatic carbocycles. The van der Waals surface area contributed by atoms with Crippen LogP contribution in [0.2, 0.25) is 0 Å². The third kappa shape index (κ3) is 5.66. The van der Waals surface area contributed by atoms with Gasteiger partial charge in [-0.1, -0.05) is 63.3 Å². The fraction of sp³-hybridized carbons (Fsp3) is 0.467. The second-order valence-corrected chi connectivity index (χ2v) is 5.24. The molecular formula is C15H22O2. The first kappa shape index (κ1) is 13.9. The normalized spacial score (nSPS) is 14.1. The Hall–Kier alpha value is -1.12. The molecule has 17 heavy (non-hydrogen) atoms. The SMILES string of the molecule is CC(C)(C)[C@H](O)/C=C\COCc1ccccc1. The molecule has 0 amide bonds. The highest BCUT2D eigenvalue weighted by molar-refractivity contribution is 5.13. The number of hydrogen-bond donors (Lipinski definition) is 1. The lowest BCUT2D eigenvalue weighted by Gasteiger charge is -2.22. The standard InChI is InChI=1S/C15H22O2/c1-15(2,3)14(16)10-7-11-17-12-13-8-5-4-6-9-13/h4-10,14,16H,11-12H2,1-3H3/b10-7-/t14-/m1/s1. The first-order valence-corrected chi connectivity index (χ1v) is 5.96. The third-order valence-corrected chi connectivity index (χ3v) is 2.53. The van der Waals surface area contributed by atoms with E-state index in [0.29, 0.717) is 13.2 Å². The fourth-order valence-corrected chi connectivity index (χ4v) is 1.29. The third-order valence-electron chi connectivity index (χ3n) is 2.53. The molecule has 0 radical (unpaired) electrons. The average molecular weight is 234 g/mol. The van der Waals surface area contributed by atoms with Gasteiger partial charge in [0.25, 0.3) is 0 Å². The van der Waals surface area contributed by atoms with Crippen LogP contribution in [0.3, 0.4) is 0 Å².